The van der Waals surface area contributed by atoms with Gasteiger partial charge in [0.1, 0.15) is 0 Å². The third kappa shape index (κ3) is 6.19. The molecule has 0 saturated carbocycles. The summed E-state index contributed by atoms with van der Waals surface area (Å²) in [4.78, 5) is 12.1. The topological polar surface area (TPSA) is 55.8 Å². The second-order valence-corrected chi connectivity index (χ2v) is 7.13. The van der Waals surface area contributed by atoms with Gasteiger partial charge in [-0.1, -0.05) is 60.7 Å². The second kappa shape index (κ2) is 10.2. The third-order valence-corrected chi connectivity index (χ3v) is 5.09. The van der Waals surface area contributed by atoms with Crippen molar-refractivity contribution < 1.29 is 19.4 Å². The molecule has 1 N–H and O–H groups in total. The molecule has 0 spiro atoms. The number of carboxylic acid groups (broad SMARTS) is 1. The molecule has 0 bridgehead atoms. The normalized spacial score (nSPS) is 19.3. The smallest absolute Gasteiger partial charge is 0.309 e. The highest BCUT2D eigenvalue weighted by Gasteiger charge is 2.32. The van der Waals surface area contributed by atoms with E-state index in [0.29, 0.717) is 19.4 Å². The summed E-state index contributed by atoms with van der Waals surface area (Å²) in [5.74, 6) is -1.41. The SMILES string of the molecule is O=C(O)[C@@H](Cc1ccccc1)[C@@H](CCc1ccccc1)OC1CCCCO1. The van der Waals surface area contributed by atoms with Gasteiger partial charge in [0, 0.05) is 6.61 Å². The molecule has 1 heterocycles. The number of carboxylic acids is 1. The van der Waals surface area contributed by atoms with Crippen molar-refractivity contribution in [1.29, 1.82) is 0 Å². The summed E-state index contributed by atoms with van der Waals surface area (Å²) in [6.45, 7) is 0.687. The first-order valence-corrected chi connectivity index (χ1v) is 9.80. The number of hydrogen-bond donors (Lipinski definition) is 1. The van der Waals surface area contributed by atoms with Crippen LogP contribution in [0.3, 0.4) is 0 Å². The molecular formula is C23H28O4. The van der Waals surface area contributed by atoms with E-state index in [1.54, 1.807) is 0 Å². The Balaban J connectivity index is 1.73. The monoisotopic (exact) mass is 368 g/mol. The van der Waals surface area contributed by atoms with Crippen molar-refractivity contribution in [3.05, 3.63) is 71.8 Å². The minimum atomic E-state index is -0.812. The van der Waals surface area contributed by atoms with E-state index in [1.165, 1.54) is 5.56 Å². The molecular weight excluding hydrogens is 340 g/mol. The van der Waals surface area contributed by atoms with Gasteiger partial charge < -0.3 is 14.6 Å². The molecule has 1 saturated heterocycles. The first-order chi connectivity index (χ1) is 13.2. The van der Waals surface area contributed by atoms with Gasteiger partial charge in [-0.15, -0.1) is 0 Å². The molecule has 2 aromatic rings. The average Bonchev–Trinajstić information content (AvgIpc) is 2.71. The van der Waals surface area contributed by atoms with Crippen molar-refractivity contribution in [2.24, 2.45) is 5.92 Å². The van der Waals surface area contributed by atoms with E-state index in [0.717, 1.165) is 31.2 Å². The van der Waals surface area contributed by atoms with Crippen molar-refractivity contribution in [3.63, 3.8) is 0 Å². The quantitative estimate of drug-likeness (QED) is 0.709. The molecule has 4 heteroatoms. The fraction of sp³-hybridized carbons (Fsp3) is 0.435. The summed E-state index contributed by atoms with van der Waals surface area (Å²) in [5.41, 5.74) is 2.21. The van der Waals surface area contributed by atoms with Crippen LogP contribution in [-0.2, 0) is 27.1 Å². The Bertz CT molecular complexity index is 680. The highest BCUT2D eigenvalue weighted by atomic mass is 16.7. The summed E-state index contributed by atoms with van der Waals surface area (Å²) in [6.07, 6.45) is 4.17. The molecule has 27 heavy (non-hydrogen) atoms. The molecule has 1 unspecified atom stereocenters. The second-order valence-electron chi connectivity index (χ2n) is 7.13. The van der Waals surface area contributed by atoms with Crippen LogP contribution in [0.2, 0.25) is 0 Å². The predicted octanol–water partition coefficient (Wildman–Crippen LogP) is 4.47. The molecule has 4 nitrogen and oxygen atoms in total. The first-order valence-electron chi connectivity index (χ1n) is 9.80. The zero-order valence-corrected chi connectivity index (χ0v) is 15.6. The lowest BCUT2D eigenvalue weighted by Crippen LogP contribution is -2.37. The van der Waals surface area contributed by atoms with Crippen molar-refractivity contribution in [2.45, 2.75) is 50.9 Å². The standard InChI is InChI=1S/C23H28O4/c24-23(25)20(17-19-11-5-2-6-12-19)21(27-22-13-7-8-16-26-22)15-14-18-9-3-1-4-10-18/h1-6,9-12,20-22H,7-8,13-17H2,(H,24,25)/t20-,21+,22?/m0/s1. The van der Waals surface area contributed by atoms with Gasteiger partial charge in [0.05, 0.1) is 12.0 Å². The molecule has 144 valence electrons. The van der Waals surface area contributed by atoms with Gasteiger partial charge in [-0.2, -0.15) is 0 Å². The zero-order valence-electron chi connectivity index (χ0n) is 15.6. The number of aryl methyl sites for hydroxylation is 1. The lowest BCUT2D eigenvalue weighted by Gasteiger charge is -2.31. The van der Waals surface area contributed by atoms with Crippen molar-refractivity contribution in [3.8, 4) is 0 Å². The summed E-state index contributed by atoms with van der Waals surface area (Å²) in [7, 11) is 0. The maximum Gasteiger partial charge on any atom is 0.309 e. The fourth-order valence-corrected chi connectivity index (χ4v) is 3.58. The van der Waals surface area contributed by atoms with Gasteiger partial charge in [-0.05, 0) is 49.7 Å². The van der Waals surface area contributed by atoms with Gasteiger partial charge in [0.2, 0.25) is 0 Å². The van der Waals surface area contributed by atoms with Gasteiger partial charge in [-0.3, -0.25) is 4.79 Å². The van der Waals surface area contributed by atoms with Gasteiger partial charge in [0.15, 0.2) is 6.29 Å². The number of hydrogen-bond acceptors (Lipinski definition) is 3. The molecule has 1 aliphatic rings. The van der Waals surface area contributed by atoms with Crippen LogP contribution in [0.15, 0.2) is 60.7 Å². The summed E-state index contributed by atoms with van der Waals surface area (Å²) < 4.78 is 11.9. The molecule has 0 amide bonds. The first kappa shape index (κ1) is 19.6. The molecule has 1 aliphatic heterocycles. The molecule has 0 aliphatic carbocycles. The fourth-order valence-electron chi connectivity index (χ4n) is 3.58. The predicted molar refractivity (Wildman–Crippen MR) is 104 cm³/mol. The molecule has 1 fully saturated rings. The van der Waals surface area contributed by atoms with Crippen molar-refractivity contribution in [2.75, 3.05) is 6.61 Å². The van der Waals surface area contributed by atoms with Crippen LogP contribution in [0.5, 0.6) is 0 Å². The summed E-state index contributed by atoms with van der Waals surface area (Å²) >= 11 is 0. The molecule has 0 aromatic heterocycles. The van der Waals surface area contributed by atoms with E-state index < -0.39 is 11.9 Å². The maximum atomic E-state index is 12.1. The Morgan fingerprint density at radius 2 is 1.70 bits per heavy atom. The van der Waals surface area contributed by atoms with Crippen LogP contribution in [0, 0.1) is 5.92 Å². The Labute approximate surface area is 161 Å². The van der Waals surface area contributed by atoms with Gasteiger partial charge in [-0.25, -0.2) is 0 Å². The Morgan fingerprint density at radius 1 is 1.04 bits per heavy atom. The average molecular weight is 368 g/mol. The number of aliphatic carboxylic acids is 1. The lowest BCUT2D eigenvalue weighted by atomic mass is 9.90. The van der Waals surface area contributed by atoms with Crippen LogP contribution in [0.1, 0.15) is 36.8 Å². The van der Waals surface area contributed by atoms with Crippen LogP contribution < -0.4 is 0 Å². The zero-order chi connectivity index (χ0) is 18.9. The number of carbonyl (C=O) groups is 1. The van der Waals surface area contributed by atoms with E-state index >= 15 is 0 Å². The van der Waals surface area contributed by atoms with Crippen LogP contribution >= 0.6 is 0 Å². The molecule has 3 atom stereocenters. The number of rotatable bonds is 9. The molecule has 2 aromatic carbocycles. The highest BCUT2D eigenvalue weighted by molar-refractivity contribution is 5.71. The number of benzene rings is 2. The van der Waals surface area contributed by atoms with Crippen molar-refractivity contribution in [1.82, 2.24) is 0 Å². The largest absolute Gasteiger partial charge is 0.481 e. The minimum absolute atomic E-state index is 0.294. The van der Waals surface area contributed by atoms with Gasteiger partial charge in [0.25, 0.3) is 0 Å². The molecule has 3 rings (SSSR count). The lowest BCUT2D eigenvalue weighted by molar-refractivity contribution is -0.203. The van der Waals surface area contributed by atoms with E-state index in [1.807, 2.05) is 48.5 Å². The van der Waals surface area contributed by atoms with Crippen molar-refractivity contribution >= 4 is 5.97 Å². The Kier molecular flexibility index (Phi) is 7.43. The van der Waals surface area contributed by atoms with E-state index in [9.17, 15) is 9.90 Å². The van der Waals surface area contributed by atoms with Crippen LogP contribution in [0.25, 0.3) is 0 Å². The third-order valence-electron chi connectivity index (χ3n) is 5.09. The van der Waals surface area contributed by atoms with E-state index in [4.69, 9.17) is 9.47 Å². The highest BCUT2D eigenvalue weighted by Crippen LogP contribution is 2.25. The van der Waals surface area contributed by atoms with E-state index in [2.05, 4.69) is 12.1 Å². The molecule has 0 radical (unpaired) electrons. The van der Waals surface area contributed by atoms with E-state index in [-0.39, 0.29) is 12.4 Å². The van der Waals surface area contributed by atoms with Gasteiger partial charge >= 0.3 is 5.97 Å². The maximum absolute atomic E-state index is 12.1. The van der Waals surface area contributed by atoms with Crippen LogP contribution in [-0.4, -0.2) is 30.1 Å². The number of ether oxygens (including phenoxy) is 2. The summed E-state index contributed by atoms with van der Waals surface area (Å²) in [6, 6.07) is 19.9. The minimum Gasteiger partial charge on any atom is -0.481 e. The summed E-state index contributed by atoms with van der Waals surface area (Å²) in [5, 5.41) is 9.91. The van der Waals surface area contributed by atoms with Crippen LogP contribution in [0.4, 0.5) is 0 Å². The Hall–Kier alpha value is -2.17. The Morgan fingerprint density at radius 3 is 2.30 bits per heavy atom.